The largest absolute Gasteiger partial charge is 0.489 e. The summed E-state index contributed by atoms with van der Waals surface area (Å²) in [6.45, 7) is 0.252. The van der Waals surface area contributed by atoms with Crippen molar-refractivity contribution in [3.63, 3.8) is 0 Å². The number of halogens is 7. The molecular formula is C30H25ClF6N6O2S. The second kappa shape index (κ2) is 11.2. The van der Waals surface area contributed by atoms with Gasteiger partial charge in [-0.15, -0.1) is 11.3 Å². The van der Waals surface area contributed by atoms with Gasteiger partial charge >= 0.3 is 12.2 Å². The van der Waals surface area contributed by atoms with E-state index in [0.29, 0.717) is 13.0 Å². The molecule has 7 rings (SSSR count). The van der Waals surface area contributed by atoms with Crippen molar-refractivity contribution in [3.05, 3.63) is 34.4 Å². The summed E-state index contributed by atoms with van der Waals surface area (Å²) in [7, 11) is 0. The van der Waals surface area contributed by atoms with Crippen LogP contribution in [0.15, 0.2) is 12.1 Å². The Hall–Kier alpha value is -3.74. The summed E-state index contributed by atoms with van der Waals surface area (Å²) >= 11 is 7.64. The summed E-state index contributed by atoms with van der Waals surface area (Å²) in [4.78, 5) is 12.1. The van der Waals surface area contributed by atoms with Crippen LogP contribution in [0.1, 0.15) is 31.2 Å². The van der Waals surface area contributed by atoms with Gasteiger partial charge in [-0.1, -0.05) is 17.7 Å². The Kier molecular flexibility index (Phi) is 7.52. The number of nitrogens with two attached hydrogens (primary N) is 1. The van der Waals surface area contributed by atoms with Crippen LogP contribution in [0.2, 0.25) is 5.02 Å². The molecule has 2 aromatic heterocycles. The van der Waals surface area contributed by atoms with E-state index in [4.69, 9.17) is 26.8 Å². The van der Waals surface area contributed by atoms with Crippen molar-refractivity contribution in [2.45, 2.75) is 43.6 Å². The van der Waals surface area contributed by atoms with Crippen molar-refractivity contribution in [1.29, 1.82) is 5.26 Å². The van der Waals surface area contributed by atoms with Crippen LogP contribution in [0.3, 0.4) is 0 Å². The van der Waals surface area contributed by atoms with E-state index in [1.807, 2.05) is 11.0 Å². The number of rotatable bonds is 6. The summed E-state index contributed by atoms with van der Waals surface area (Å²) in [6.07, 6.45) is -4.96. The zero-order valence-electron chi connectivity index (χ0n) is 24.0. The number of hydrogen-bond acceptors (Lipinski definition) is 9. The Bertz CT molecular complexity index is 1930. The Balaban J connectivity index is 1.43. The predicted octanol–water partition coefficient (Wildman–Crippen LogP) is 7.00. The van der Waals surface area contributed by atoms with E-state index in [1.165, 1.54) is 11.0 Å². The van der Waals surface area contributed by atoms with Crippen LogP contribution in [-0.4, -0.2) is 72.1 Å². The predicted molar refractivity (Wildman–Crippen MR) is 161 cm³/mol. The van der Waals surface area contributed by atoms with Gasteiger partial charge in [0.1, 0.15) is 47.6 Å². The summed E-state index contributed by atoms with van der Waals surface area (Å²) < 4.78 is 98.1. The van der Waals surface area contributed by atoms with E-state index in [0.717, 1.165) is 23.8 Å². The van der Waals surface area contributed by atoms with Gasteiger partial charge in [-0.05, 0) is 31.0 Å². The molecule has 2 fully saturated rings. The average Bonchev–Trinajstić information content (AvgIpc) is 3.60. The van der Waals surface area contributed by atoms with Crippen LogP contribution in [-0.2, 0) is 0 Å². The maximum Gasteiger partial charge on any atom is 0.390 e. The molecule has 3 aliphatic heterocycles. The van der Waals surface area contributed by atoms with Gasteiger partial charge in [-0.25, -0.2) is 13.2 Å². The highest BCUT2D eigenvalue weighted by molar-refractivity contribution is 7.23. The Morgan fingerprint density at radius 1 is 1.22 bits per heavy atom. The van der Waals surface area contributed by atoms with E-state index in [2.05, 4.69) is 9.97 Å². The zero-order chi connectivity index (χ0) is 32.5. The van der Waals surface area contributed by atoms with Crippen LogP contribution < -0.4 is 20.1 Å². The first-order valence-corrected chi connectivity index (χ1v) is 15.7. The maximum atomic E-state index is 16.9. The molecular weight excluding hydrogens is 658 g/mol. The minimum Gasteiger partial charge on any atom is -0.489 e. The smallest absolute Gasteiger partial charge is 0.390 e. The second-order valence-electron chi connectivity index (χ2n) is 11.7. The molecule has 242 valence electrons. The maximum absolute atomic E-state index is 16.9. The fourth-order valence-electron chi connectivity index (χ4n) is 6.90. The van der Waals surface area contributed by atoms with Crippen LogP contribution in [0.5, 0.6) is 11.8 Å². The van der Waals surface area contributed by atoms with Crippen LogP contribution in [0.4, 0.5) is 37.2 Å². The molecule has 0 spiro atoms. The van der Waals surface area contributed by atoms with Crippen LogP contribution in [0, 0.1) is 23.0 Å². The van der Waals surface area contributed by atoms with Crippen molar-refractivity contribution < 1.29 is 35.8 Å². The molecule has 5 heterocycles. The van der Waals surface area contributed by atoms with Crippen molar-refractivity contribution in [2.75, 3.05) is 50.0 Å². The second-order valence-corrected chi connectivity index (χ2v) is 13.1. The average molecular weight is 683 g/mol. The van der Waals surface area contributed by atoms with E-state index < -0.39 is 42.5 Å². The number of ether oxygens (including phenoxy) is 2. The lowest BCUT2D eigenvalue weighted by Crippen LogP contribution is -2.43. The van der Waals surface area contributed by atoms with E-state index in [-0.39, 0.29) is 98.0 Å². The third-order valence-corrected chi connectivity index (χ3v) is 10.3. The van der Waals surface area contributed by atoms with Crippen molar-refractivity contribution in [2.24, 2.45) is 0 Å². The van der Waals surface area contributed by atoms with Crippen molar-refractivity contribution in [1.82, 2.24) is 14.9 Å². The highest BCUT2D eigenvalue weighted by atomic mass is 35.5. The highest BCUT2D eigenvalue weighted by Gasteiger charge is 2.49. The van der Waals surface area contributed by atoms with Gasteiger partial charge in [-0.2, -0.15) is 28.4 Å². The topological polar surface area (TPSA) is 101 Å². The van der Waals surface area contributed by atoms with Gasteiger partial charge in [0.25, 0.3) is 0 Å². The number of hydrogen-bond donors (Lipinski definition) is 1. The van der Waals surface area contributed by atoms with Crippen LogP contribution >= 0.6 is 22.9 Å². The van der Waals surface area contributed by atoms with Gasteiger partial charge < -0.3 is 20.1 Å². The molecule has 2 saturated heterocycles. The van der Waals surface area contributed by atoms with E-state index in [1.54, 1.807) is 0 Å². The molecule has 0 radical (unpaired) electrons. The number of nitriles is 1. The number of anilines is 2. The Morgan fingerprint density at radius 3 is 2.78 bits per heavy atom. The van der Waals surface area contributed by atoms with E-state index in [9.17, 15) is 27.2 Å². The van der Waals surface area contributed by atoms with Gasteiger partial charge in [0.15, 0.2) is 11.6 Å². The first-order chi connectivity index (χ1) is 21.9. The molecule has 4 aromatic rings. The number of benzene rings is 2. The molecule has 46 heavy (non-hydrogen) atoms. The molecule has 0 unspecified atom stereocenters. The third-order valence-electron chi connectivity index (χ3n) is 8.95. The summed E-state index contributed by atoms with van der Waals surface area (Å²) in [5, 5.41) is 9.57. The SMILES string of the molecule is N#Cc1c(N)sc2c(F)ccc(-c3c(Cl)c4c5c(nc(OC[C@@]67CCCN6C[C@H](F)C7)nc5c3F)N(CCC(F)(F)F)CCO4)c12. The van der Waals surface area contributed by atoms with Gasteiger partial charge in [0.2, 0.25) is 0 Å². The highest BCUT2D eigenvalue weighted by Crippen LogP contribution is 2.51. The number of alkyl halides is 4. The Morgan fingerprint density at radius 2 is 2.02 bits per heavy atom. The van der Waals surface area contributed by atoms with Gasteiger partial charge in [0.05, 0.1) is 39.2 Å². The quantitative estimate of drug-likeness (QED) is 0.217. The lowest BCUT2D eigenvalue weighted by molar-refractivity contribution is -0.132. The number of nitrogens with zero attached hydrogens (tertiary/aromatic N) is 5. The first-order valence-electron chi connectivity index (χ1n) is 14.5. The number of nitrogen functional groups attached to an aromatic ring is 1. The lowest BCUT2D eigenvalue weighted by Gasteiger charge is -2.31. The van der Waals surface area contributed by atoms with Crippen molar-refractivity contribution in [3.8, 4) is 29.0 Å². The molecule has 0 aliphatic carbocycles. The molecule has 3 aliphatic rings. The number of thiophene rings is 1. The molecule has 8 nitrogen and oxygen atoms in total. The molecule has 2 atom stereocenters. The molecule has 2 aromatic carbocycles. The molecule has 0 bridgehead atoms. The first kappa shape index (κ1) is 30.9. The van der Waals surface area contributed by atoms with E-state index >= 15 is 4.39 Å². The van der Waals surface area contributed by atoms with Crippen molar-refractivity contribution >= 4 is 54.7 Å². The number of fused-ring (bicyclic) bond motifs is 2. The van der Waals surface area contributed by atoms with Gasteiger partial charge in [0, 0.05) is 30.5 Å². The number of aromatic nitrogens is 2. The minimum absolute atomic E-state index is 0.00929. The zero-order valence-corrected chi connectivity index (χ0v) is 25.6. The third kappa shape index (κ3) is 5.01. The standard InChI is InChI=1S/C30H25ClF6N6O2S/c31-21-19(15-2-3-17(33)25-18(15)16(11-38)26(39)46-25)22(34)23-20-24(21)44-9-8-42(7-5-30(35,36)37)27(20)41-28(40-23)45-13-29-4-1-6-43(29)12-14(32)10-29/h2-3,14H,1,4-10,12-13,39H2/t14-,29+/m1/s1. The Labute approximate surface area is 267 Å². The summed E-state index contributed by atoms with van der Waals surface area (Å²) in [6, 6.07) is 3.99. The molecule has 0 saturated carbocycles. The summed E-state index contributed by atoms with van der Waals surface area (Å²) in [5.41, 5.74) is 4.76. The monoisotopic (exact) mass is 682 g/mol. The fourth-order valence-corrected chi connectivity index (χ4v) is 8.18. The van der Waals surface area contributed by atoms with Crippen LogP contribution in [0.25, 0.3) is 32.1 Å². The summed E-state index contributed by atoms with van der Waals surface area (Å²) in [5.74, 6) is -1.83. The minimum atomic E-state index is -4.49. The molecule has 16 heteroatoms. The molecule has 2 N–H and O–H groups in total. The fraction of sp³-hybridized carbons (Fsp3) is 0.433. The normalized spacial score (nSPS) is 21.4. The molecule has 0 amide bonds. The van der Waals surface area contributed by atoms with Gasteiger partial charge in [-0.3, -0.25) is 4.90 Å². The lowest BCUT2D eigenvalue weighted by atomic mass is 9.95.